The Morgan fingerprint density at radius 2 is 1.97 bits per heavy atom. The average Bonchev–Trinajstić information content (AvgIpc) is 3.28. The van der Waals surface area contributed by atoms with Gasteiger partial charge in [-0.1, -0.05) is 41.0 Å². The van der Waals surface area contributed by atoms with E-state index in [0.717, 1.165) is 54.8 Å². The maximum absolute atomic E-state index is 12.8. The highest BCUT2D eigenvalue weighted by molar-refractivity contribution is 7.98. The molecule has 178 valence electrons. The molecule has 0 saturated carbocycles. The summed E-state index contributed by atoms with van der Waals surface area (Å²) in [6, 6.07) is 7.71. The Morgan fingerprint density at radius 3 is 2.73 bits per heavy atom. The molecule has 0 bridgehead atoms. The van der Waals surface area contributed by atoms with Crippen LogP contribution in [-0.2, 0) is 4.74 Å². The van der Waals surface area contributed by atoms with Crippen molar-refractivity contribution in [1.29, 1.82) is 0 Å². The average molecular weight is 529 g/mol. The molecule has 2 aromatic rings. The quantitative estimate of drug-likeness (QED) is 0.284. The minimum Gasteiger partial charge on any atom is -0.445 e. The van der Waals surface area contributed by atoms with E-state index in [-0.39, 0.29) is 18.2 Å². The zero-order valence-corrected chi connectivity index (χ0v) is 21.8. The number of anilines is 1. The van der Waals surface area contributed by atoms with E-state index in [4.69, 9.17) is 27.9 Å². The van der Waals surface area contributed by atoms with Gasteiger partial charge in [-0.25, -0.2) is 19.1 Å². The lowest BCUT2D eigenvalue weighted by atomic mass is 10.0. The largest absolute Gasteiger partial charge is 0.445 e. The maximum atomic E-state index is 12.8. The fraction of sp³-hybridized carbons (Fsp3) is 0.500. The first-order valence-electron chi connectivity index (χ1n) is 10.9. The number of halogens is 2. The zero-order chi connectivity index (χ0) is 23.4. The molecule has 0 radical (unpaired) electrons. The van der Waals surface area contributed by atoms with Crippen LogP contribution < -0.4 is 4.90 Å². The minimum atomic E-state index is -0.252. The number of hydrogen-bond donors (Lipinski definition) is 0. The maximum Gasteiger partial charge on any atom is 0.410 e. The molecule has 0 aliphatic carbocycles. The van der Waals surface area contributed by atoms with Crippen LogP contribution in [0, 0.1) is 0 Å². The summed E-state index contributed by atoms with van der Waals surface area (Å²) in [5, 5.41) is 1.87. The van der Waals surface area contributed by atoms with Crippen molar-refractivity contribution < 1.29 is 9.53 Å². The van der Waals surface area contributed by atoms with Gasteiger partial charge < -0.3 is 14.5 Å². The van der Waals surface area contributed by atoms with Gasteiger partial charge in [-0.15, -0.1) is 0 Å². The van der Waals surface area contributed by atoms with E-state index in [1.165, 1.54) is 11.8 Å². The molecule has 0 unspecified atom stereocenters. The molecule has 11 heteroatoms. The van der Waals surface area contributed by atoms with Crippen LogP contribution in [0.4, 0.5) is 10.6 Å². The molecule has 7 nitrogen and oxygen atoms in total. The van der Waals surface area contributed by atoms with E-state index in [0.29, 0.717) is 16.6 Å². The summed E-state index contributed by atoms with van der Waals surface area (Å²) in [6.07, 6.45) is 5.95. The number of piperidine rings is 1. The normalized spacial score (nSPS) is 19.6. The smallest absolute Gasteiger partial charge is 0.410 e. The zero-order valence-electron chi connectivity index (χ0n) is 18.6. The topological polar surface area (TPSA) is 61.8 Å². The highest BCUT2D eigenvalue weighted by Gasteiger charge is 2.31. The third-order valence-corrected chi connectivity index (χ3v) is 8.56. The number of carbonyl (C=O) groups excluding carboxylic acids is 1. The van der Waals surface area contributed by atoms with Crippen LogP contribution >= 0.6 is 46.9 Å². The second-order valence-corrected chi connectivity index (χ2v) is 10.8. The van der Waals surface area contributed by atoms with Gasteiger partial charge in [0.2, 0.25) is 0 Å². The Balaban J connectivity index is 1.24. The number of benzene rings is 1. The molecular formula is C22H27Cl2N5O2S2. The van der Waals surface area contributed by atoms with Gasteiger partial charge in [-0.05, 0) is 55.7 Å². The lowest BCUT2D eigenvalue weighted by molar-refractivity contribution is 0.0610. The molecule has 3 heterocycles. The number of rotatable bonds is 6. The predicted octanol–water partition coefficient (Wildman–Crippen LogP) is 5.32. The molecule has 0 N–H and O–H groups in total. The van der Waals surface area contributed by atoms with Crippen molar-refractivity contribution in [1.82, 2.24) is 19.2 Å². The molecule has 0 spiro atoms. The van der Waals surface area contributed by atoms with Crippen LogP contribution in [0.25, 0.3) is 0 Å². The van der Waals surface area contributed by atoms with Gasteiger partial charge in [0.1, 0.15) is 11.9 Å². The van der Waals surface area contributed by atoms with Crippen molar-refractivity contribution >= 4 is 58.8 Å². The molecule has 1 aromatic carbocycles. The van der Waals surface area contributed by atoms with E-state index < -0.39 is 0 Å². The molecule has 1 amide bonds. The summed E-state index contributed by atoms with van der Waals surface area (Å²) in [4.78, 5) is 26.6. The number of thioether (sulfide) groups is 1. The van der Waals surface area contributed by atoms with E-state index in [2.05, 4.69) is 19.2 Å². The van der Waals surface area contributed by atoms with Gasteiger partial charge >= 0.3 is 6.09 Å². The highest BCUT2D eigenvalue weighted by atomic mass is 35.5. The Bertz CT molecular complexity index is 978. The second kappa shape index (κ2) is 11.4. The van der Waals surface area contributed by atoms with Gasteiger partial charge in [-0.2, -0.15) is 0 Å². The molecule has 1 atom stereocenters. The van der Waals surface area contributed by atoms with Crippen LogP contribution in [0.3, 0.4) is 0 Å². The monoisotopic (exact) mass is 527 g/mol. The summed E-state index contributed by atoms with van der Waals surface area (Å²) in [5.41, 5.74) is 0. The van der Waals surface area contributed by atoms with Crippen LogP contribution in [0.1, 0.15) is 19.3 Å². The number of amides is 1. The highest BCUT2D eigenvalue weighted by Crippen LogP contribution is 2.36. The molecule has 4 rings (SSSR count). The summed E-state index contributed by atoms with van der Waals surface area (Å²) in [6.45, 7) is 3.18. The van der Waals surface area contributed by atoms with E-state index in [1.807, 2.05) is 31.5 Å². The van der Waals surface area contributed by atoms with E-state index in [9.17, 15) is 4.79 Å². The van der Waals surface area contributed by atoms with Gasteiger partial charge in [0, 0.05) is 50.4 Å². The number of aromatic nitrogens is 2. The fourth-order valence-electron chi connectivity index (χ4n) is 4.03. The van der Waals surface area contributed by atoms with Gasteiger partial charge in [0.25, 0.3) is 0 Å². The SMILES string of the molecule is CSc1nccc(N2CCC(N(C)C(=O)O[C@H]3CCN(Sc4cccc(Cl)c4Cl)C3)CC2)n1. The first-order chi connectivity index (χ1) is 15.9. The van der Waals surface area contributed by atoms with Crippen LogP contribution in [0.2, 0.25) is 10.0 Å². The first kappa shape index (κ1) is 24.7. The molecule has 2 fully saturated rings. The molecular weight excluding hydrogens is 501 g/mol. The van der Waals surface area contributed by atoms with Crippen LogP contribution in [0.5, 0.6) is 0 Å². The van der Waals surface area contributed by atoms with Crippen molar-refractivity contribution in [2.75, 3.05) is 44.4 Å². The Hall–Kier alpha value is -1.39. The molecule has 1 aromatic heterocycles. The Labute approximate surface area is 213 Å². The van der Waals surface area contributed by atoms with E-state index >= 15 is 0 Å². The lowest BCUT2D eigenvalue weighted by Crippen LogP contribution is -2.46. The van der Waals surface area contributed by atoms with Gasteiger partial charge in [-0.3, -0.25) is 0 Å². The fourth-order valence-corrected chi connectivity index (χ4v) is 5.89. The van der Waals surface area contributed by atoms with Gasteiger partial charge in [0.05, 0.1) is 10.0 Å². The third kappa shape index (κ3) is 6.19. The van der Waals surface area contributed by atoms with E-state index in [1.54, 1.807) is 29.1 Å². The first-order valence-corrected chi connectivity index (χ1v) is 13.6. The number of hydrogen-bond acceptors (Lipinski definition) is 8. The predicted molar refractivity (Wildman–Crippen MR) is 136 cm³/mol. The van der Waals surface area contributed by atoms with Crippen LogP contribution in [0.15, 0.2) is 40.5 Å². The Morgan fingerprint density at radius 1 is 1.18 bits per heavy atom. The van der Waals surface area contributed by atoms with Crippen molar-refractivity contribution in [2.45, 2.75) is 41.5 Å². The third-order valence-electron chi connectivity index (χ3n) is 5.94. The number of nitrogens with zero attached hydrogens (tertiary/aromatic N) is 5. The minimum absolute atomic E-state index is 0.128. The molecule has 33 heavy (non-hydrogen) atoms. The molecule has 2 saturated heterocycles. The van der Waals surface area contributed by atoms with Crippen molar-refractivity contribution in [3.05, 3.63) is 40.5 Å². The number of ether oxygens (including phenoxy) is 1. The van der Waals surface area contributed by atoms with Crippen molar-refractivity contribution in [3.63, 3.8) is 0 Å². The number of carbonyl (C=O) groups is 1. The van der Waals surface area contributed by atoms with Crippen molar-refractivity contribution in [2.24, 2.45) is 0 Å². The Kier molecular flexibility index (Phi) is 8.51. The molecule has 2 aliphatic rings. The lowest BCUT2D eigenvalue weighted by Gasteiger charge is -2.37. The summed E-state index contributed by atoms with van der Waals surface area (Å²) in [5.74, 6) is 0.946. The van der Waals surface area contributed by atoms with Crippen LogP contribution in [-0.4, -0.2) is 76.9 Å². The van der Waals surface area contributed by atoms with Crippen molar-refractivity contribution in [3.8, 4) is 0 Å². The van der Waals surface area contributed by atoms with Gasteiger partial charge in [0.15, 0.2) is 5.16 Å². The summed E-state index contributed by atoms with van der Waals surface area (Å²) >= 11 is 15.5. The standard InChI is InChI=1S/C22H27Cl2N5O2S2/c1-27(15-7-11-28(12-8-15)19-6-10-25-21(26-19)32-2)22(30)31-16-9-13-29(14-16)33-18-5-3-4-17(23)20(18)24/h3-6,10,15-16H,7-9,11-14H2,1-2H3/t16-/m0/s1. The summed E-state index contributed by atoms with van der Waals surface area (Å²) < 4.78 is 7.99. The summed E-state index contributed by atoms with van der Waals surface area (Å²) in [7, 11) is 1.84. The molecule has 2 aliphatic heterocycles. The second-order valence-electron chi connectivity index (χ2n) is 8.06.